The third-order valence-corrected chi connectivity index (χ3v) is 17.2. The highest BCUT2D eigenvalue weighted by atomic mass is 32.1. The van der Waals surface area contributed by atoms with Gasteiger partial charge >= 0.3 is 0 Å². The van der Waals surface area contributed by atoms with Crippen molar-refractivity contribution in [3.05, 3.63) is 243 Å². The first-order valence-electron chi connectivity index (χ1n) is 25.4. The maximum absolute atomic E-state index is 5.40. The van der Waals surface area contributed by atoms with Gasteiger partial charge in [-0.2, -0.15) is 0 Å². The summed E-state index contributed by atoms with van der Waals surface area (Å²) in [6, 6.07) is 84.6. The average Bonchev–Trinajstić information content (AvgIpc) is 4.28. The zero-order chi connectivity index (χ0) is 49.8. The Labute approximate surface area is 443 Å². The van der Waals surface area contributed by atoms with Crippen molar-refractivity contribution >= 4 is 107 Å². The van der Waals surface area contributed by atoms with Crippen molar-refractivity contribution in [1.29, 1.82) is 0 Å². The molecule has 0 aliphatic carbocycles. The molecule has 0 bridgehead atoms. The first-order chi connectivity index (χ1) is 37.6. The highest BCUT2D eigenvalue weighted by Gasteiger charge is 2.22. The van der Waals surface area contributed by atoms with E-state index in [4.69, 9.17) is 19.9 Å². The van der Waals surface area contributed by atoms with Gasteiger partial charge < -0.3 is 9.13 Å². The number of fused-ring (bicyclic) bond motifs is 12. The topological polar surface area (TPSA) is 61.4 Å². The van der Waals surface area contributed by atoms with E-state index >= 15 is 0 Å². The Bertz CT molecular complexity index is 4920. The van der Waals surface area contributed by atoms with Gasteiger partial charge in [0.1, 0.15) is 0 Å². The van der Waals surface area contributed by atoms with Crippen molar-refractivity contribution in [2.75, 3.05) is 0 Å². The van der Waals surface area contributed by atoms with Crippen LogP contribution in [0.1, 0.15) is 0 Å². The summed E-state index contributed by atoms with van der Waals surface area (Å²) in [6.07, 6.45) is 2.02. The molecule has 0 unspecified atom stereocenters. The smallest absolute Gasteiger partial charge is 0.166 e. The van der Waals surface area contributed by atoms with Crippen LogP contribution in [0.4, 0.5) is 0 Å². The van der Waals surface area contributed by atoms with Crippen molar-refractivity contribution in [3.63, 3.8) is 0 Å². The monoisotopic (exact) mass is 1000 g/mol. The zero-order valence-electron chi connectivity index (χ0n) is 40.6. The fourth-order valence-corrected chi connectivity index (χ4v) is 13.8. The minimum atomic E-state index is 0.560. The van der Waals surface area contributed by atoms with E-state index in [1.54, 1.807) is 0 Å². The molecule has 16 aromatic rings. The molecule has 6 aromatic heterocycles. The van der Waals surface area contributed by atoms with Crippen molar-refractivity contribution in [1.82, 2.24) is 29.1 Å². The van der Waals surface area contributed by atoms with E-state index in [9.17, 15) is 0 Å². The van der Waals surface area contributed by atoms with Crippen molar-refractivity contribution < 1.29 is 0 Å². The minimum Gasteiger partial charge on any atom is -0.309 e. The number of rotatable bonds is 7. The van der Waals surface area contributed by atoms with Crippen molar-refractivity contribution in [2.24, 2.45) is 0 Å². The summed E-state index contributed by atoms with van der Waals surface area (Å²) in [5.41, 5.74) is 13.6. The second-order valence-corrected chi connectivity index (χ2v) is 21.6. The van der Waals surface area contributed by atoms with Crippen molar-refractivity contribution in [3.8, 4) is 67.9 Å². The number of thiophene rings is 2. The molecule has 0 saturated carbocycles. The normalized spacial score (nSPS) is 11.9. The molecule has 0 radical (unpaired) electrons. The molecule has 76 heavy (non-hydrogen) atoms. The lowest BCUT2D eigenvalue weighted by Crippen LogP contribution is -2.02. The lowest BCUT2D eigenvalue weighted by Gasteiger charge is -2.13. The number of benzene rings is 10. The molecule has 354 valence electrons. The van der Waals surface area contributed by atoms with Gasteiger partial charge in [0.15, 0.2) is 17.5 Å². The summed E-state index contributed by atoms with van der Waals surface area (Å²) < 4.78 is 9.68. The van der Waals surface area contributed by atoms with E-state index in [0.717, 1.165) is 50.4 Å². The molecule has 0 aliphatic heterocycles. The summed E-state index contributed by atoms with van der Waals surface area (Å²) in [4.78, 5) is 21.1. The summed E-state index contributed by atoms with van der Waals surface area (Å²) >= 11 is 3.66. The molecule has 0 spiro atoms. The first kappa shape index (κ1) is 42.9. The van der Waals surface area contributed by atoms with Crippen LogP contribution in [0.25, 0.3) is 152 Å². The number of para-hydroxylation sites is 4. The zero-order valence-corrected chi connectivity index (χ0v) is 42.2. The van der Waals surface area contributed by atoms with E-state index in [1.165, 1.54) is 84.0 Å². The van der Waals surface area contributed by atoms with Gasteiger partial charge in [-0.05, 0) is 84.4 Å². The number of nitrogens with zero attached hydrogens (tertiary/aromatic N) is 6. The number of pyridine rings is 1. The quantitative estimate of drug-likeness (QED) is 0.160. The van der Waals surface area contributed by atoms with Crippen LogP contribution in [0.15, 0.2) is 243 Å². The standard InChI is InChI=1S/C68H40N6S2/c1-5-17-41(18-6-1)66-70-67(42-19-7-2-8-20-42)72-68(71-66)56-33-45(43-29-31-50-54-36-52-48-25-13-15-27-57(48)73(46-21-9-3-10-22-46)59(52)38-63(54)75-61(50)34-43)40-69-65(56)44-30-32-51-55-37-53-49-26-14-16-28-58(49)74(47-23-11-4-12-24-47)60(53)39-64(55)76-62(51)35-44/h1-40H. The van der Waals surface area contributed by atoms with Crippen LogP contribution in [0.3, 0.4) is 0 Å². The van der Waals surface area contributed by atoms with E-state index in [2.05, 4.69) is 209 Å². The van der Waals surface area contributed by atoms with E-state index in [0.29, 0.717) is 17.5 Å². The van der Waals surface area contributed by atoms with Gasteiger partial charge in [0.05, 0.1) is 27.8 Å². The molecule has 0 N–H and O–H groups in total. The predicted molar refractivity (Wildman–Crippen MR) is 319 cm³/mol. The lowest BCUT2D eigenvalue weighted by molar-refractivity contribution is 1.07. The molecule has 0 aliphatic rings. The van der Waals surface area contributed by atoms with E-state index in [-0.39, 0.29) is 0 Å². The Kier molecular flexibility index (Phi) is 9.57. The number of hydrogen-bond donors (Lipinski definition) is 0. The number of aromatic nitrogens is 6. The Morgan fingerprint density at radius 2 is 0.711 bits per heavy atom. The van der Waals surface area contributed by atoms with Gasteiger partial charge in [-0.15, -0.1) is 22.7 Å². The Balaban J connectivity index is 0.877. The van der Waals surface area contributed by atoms with Crippen LogP contribution < -0.4 is 0 Å². The number of hydrogen-bond acceptors (Lipinski definition) is 6. The molecule has 0 amide bonds. The molecule has 10 aromatic carbocycles. The molecule has 16 rings (SSSR count). The van der Waals surface area contributed by atoms with Gasteiger partial charge in [-0.3, -0.25) is 4.98 Å². The Morgan fingerprint density at radius 1 is 0.276 bits per heavy atom. The molecule has 0 saturated heterocycles. The summed E-state index contributed by atoms with van der Waals surface area (Å²) in [7, 11) is 0. The molecule has 0 fully saturated rings. The molecule has 6 heterocycles. The molecular weight excluding hydrogens is 965 g/mol. The summed E-state index contributed by atoms with van der Waals surface area (Å²) in [6.45, 7) is 0. The fourth-order valence-electron chi connectivity index (χ4n) is 11.5. The van der Waals surface area contributed by atoms with Crippen LogP contribution in [-0.2, 0) is 0 Å². The lowest BCUT2D eigenvalue weighted by atomic mass is 9.98. The average molecular weight is 1010 g/mol. The Morgan fingerprint density at radius 3 is 1.24 bits per heavy atom. The van der Waals surface area contributed by atoms with Gasteiger partial charge in [0.2, 0.25) is 0 Å². The second kappa shape index (κ2) is 17.0. The fraction of sp³-hybridized carbons (Fsp3) is 0. The molecule has 6 nitrogen and oxygen atoms in total. The van der Waals surface area contributed by atoms with Gasteiger partial charge in [-0.1, -0.05) is 158 Å². The van der Waals surface area contributed by atoms with Crippen LogP contribution in [0.5, 0.6) is 0 Å². The van der Waals surface area contributed by atoms with Crippen LogP contribution >= 0.6 is 22.7 Å². The molecule has 0 atom stereocenters. The van der Waals surface area contributed by atoms with Crippen LogP contribution in [0.2, 0.25) is 0 Å². The van der Waals surface area contributed by atoms with Gasteiger partial charge in [0, 0.05) is 107 Å². The maximum Gasteiger partial charge on any atom is 0.166 e. The summed E-state index contributed by atoms with van der Waals surface area (Å²) in [5.74, 6) is 1.77. The van der Waals surface area contributed by atoms with E-state index < -0.39 is 0 Å². The first-order valence-corrected chi connectivity index (χ1v) is 27.1. The summed E-state index contributed by atoms with van der Waals surface area (Å²) in [5, 5.41) is 9.95. The maximum atomic E-state index is 5.40. The van der Waals surface area contributed by atoms with Gasteiger partial charge in [0.25, 0.3) is 0 Å². The molecule has 8 heteroatoms. The van der Waals surface area contributed by atoms with Crippen molar-refractivity contribution in [2.45, 2.75) is 0 Å². The minimum absolute atomic E-state index is 0.560. The predicted octanol–water partition coefficient (Wildman–Crippen LogP) is 18.5. The third kappa shape index (κ3) is 6.78. The van der Waals surface area contributed by atoms with Crippen LogP contribution in [0, 0.1) is 0 Å². The third-order valence-electron chi connectivity index (χ3n) is 15.0. The second-order valence-electron chi connectivity index (χ2n) is 19.4. The van der Waals surface area contributed by atoms with Crippen LogP contribution in [-0.4, -0.2) is 29.1 Å². The largest absolute Gasteiger partial charge is 0.309 e. The van der Waals surface area contributed by atoms with Gasteiger partial charge in [-0.25, -0.2) is 15.0 Å². The highest BCUT2D eigenvalue weighted by molar-refractivity contribution is 7.26. The molecular formula is C68H40N6S2. The van der Waals surface area contributed by atoms with E-state index in [1.807, 2.05) is 65.3 Å². The SMILES string of the molecule is c1ccc(-c2nc(-c3ccccc3)nc(-c3cc(-c4ccc5c(c4)sc4cc6c(cc45)c4ccccc4n6-c4ccccc4)cnc3-c3ccc4c(c3)sc3cc5c(cc34)c3ccccc3n5-c3ccccc3)n2)cc1. The highest BCUT2D eigenvalue weighted by Crippen LogP contribution is 2.45. The Hall–Kier alpha value is -9.60.